The minimum Gasteiger partial charge on any atom is -0.490 e. The Morgan fingerprint density at radius 1 is 1.00 bits per heavy atom. The lowest BCUT2D eigenvalue weighted by Gasteiger charge is -2.31. The molecule has 1 aliphatic rings. The van der Waals surface area contributed by atoms with Crippen molar-refractivity contribution in [2.24, 2.45) is 0 Å². The summed E-state index contributed by atoms with van der Waals surface area (Å²) in [6, 6.07) is 25.4. The Labute approximate surface area is 245 Å². The molecule has 10 heteroatoms. The third-order valence-corrected chi connectivity index (χ3v) is 7.68. The Morgan fingerprint density at radius 3 is 2.40 bits per heavy atom. The molecule has 1 atom stereocenters. The van der Waals surface area contributed by atoms with E-state index in [0.717, 1.165) is 16.8 Å². The highest BCUT2D eigenvalue weighted by Crippen LogP contribution is 2.37. The number of carbonyl (C=O) groups excluding carboxylic acids is 1. The van der Waals surface area contributed by atoms with E-state index < -0.39 is 17.5 Å². The van der Waals surface area contributed by atoms with Gasteiger partial charge in [0.2, 0.25) is 0 Å². The smallest absolute Gasteiger partial charge is 0.446 e. The lowest BCUT2D eigenvalue weighted by molar-refractivity contribution is -0.0328. The number of amides is 1. The van der Waals surface area contributed by atoms with Crippen molar-refractivity contribution in [1.29, 1.82) is 0 Å². The molecule has 0 saturated heterocycles. The maximum Gasteiger partial charge on any atom is 0.446 e. The summed E-state index contributed by atoms with van der Waals surface area (Å²) < 4.78 is 43.7. The number of alkyl halides is 3. The zero-order valence-electron chi connectivity index (χ0n) is 22.5. The van der Waals surface area contributed by atoms with E-state index in [2.05, 4.69) is 10.2 Å². The maximum atomic E-state index is 13.0. The van der Waals surface area contributed by atoms with Gasteiger partial charge in [-0.1, -0.05) is 54.6 Å². The van der Waals surface area contributed by atoms with Gasteiger partial charge in [-0.2, -0.15) is 13.2 Å². The van der Waals surface area contributed by atoms with E-state index in [1.54, 1.807) is 49.4 Å². The van der Waals surface area contributed by atoms with Crippen LogP contribution in [0.4, 0.5) is 18.9 Å². The molecule has 0 saturated carbocycles. The van der Waals surface area contributed by atoms with E-state index in [0.29, 0.717) is 42.1 Å². The van der Waals surface area contributed by atoms with E-state index in [4.69, 9.17) is 4.74 Å². The minimum absolute atomic E-state index is 0.0839. The van der Waals surface area contributed by atoms with Gasteiger partial charge in [0.15, 0.2) is 0 Å². The van der Waals surface area contributed by atoms with Crippen molar-refractivity contribution in [2.75, 3.05) is 18.1 Å². The topological polar surface area (TPSA) is 78.9 Å². The summed E-state index contributed by atoms with van der Waals surface area (Å²) >= 11 is -0.178. The van der Waals surface area contributed by atoms with Crippen LogP contribution in [0.15, 0.2) is 95.9 Å². The Hall–Kier alpha value is -4.44. The molecule has 0 fully saturated rings. The number of anilines is 1. The third-order valence-electron chi connectivity index (χ3n) is 6.94. The van der Waals surface area contributed by atoms with Gasteiger partial charge in [0.25, 0.3) is 5.91 Å². The first-order valence-electron chi connectivity index (χ1n) is 13.2. The van der Waals surface area contributed by atoms with E-state index >= 15 is 0 Å². The quantitative estimate of drug-likeness (QED) is 0.206. The number of rotatable bonds is 8. The number of benzene rings is 4. The van der Waals surface area contributed by atoms with Crippen LogP contribution in [0.3, 0.4) is 0 Å². The number of hydrogen-bond acceptors (Lipinski definition) is 5. The molecule has 1 unspecified atom stereocenters. The number of hydrogen-bond donors (Lipinski definition) is 2. The van der Waals surface area contributed by atoms with Crippen molar-refractivity contribution in [1.82, 2.24) is 5.32 Å². The molecule has 5 rings (SSSR count). The third kappa shape index (κ3) is 6.88. The lowest BCUT2D eigenvalue weighted by Crippen LogP contribution is -2.32. The first-order valence-corrected chi connectivity index (χ1v) is 14.0. The predicted molar refractivity (Wildman–Crippen MR) is 156 cm³/mol. The molecule has 4 aromatic carbocycles. The van der Waals surface area contributed by atoms with E-state index in [-0.39, 0.29) is 28.1 Å². The van der Waals surface area contributed by atoms with Crippen molar-refractivity contribution in [2.45, 2.75) is 29.9 Å². The number of carboxylic acid groups (broad SMARTS) is 1. The lowest BCUT2D eigenvalue weighted by atomic mass is 9.98. The minimum atomic E-state index is -4.35. The van der Waals surface area contributed by atoms with Crippen LogP contribution in [0.2, 0.25) is 0 Å². The van der Waals surface area contributed by atoms with Crippen LogP contribution < -0.4 is 15.0 Å². The normalized spacial score (nSPS) is 13.6. The van der Waals surface area contributed by atoms with Gasteiger partial charge < -0.3 is 20.1 Å². The highest BCUT2D eigenvalue weighted by atomic mass is 32.2. The summed E-state index contributed by atoms with van der Waals surface area (Å²) in [6.45, 7) is 3.47. The number of aromatic carboxylic acids is 1. The molecular formula is C32H27F3N2O4S. The number of nitrogens with zero attached hydrogens (tertiary/aromatic N) is 1. The maximum absolute atomic E-state index is 13.0. The molecule has 0 bridgehead atoms. The molecule has 216 valence electrons. The molecule has 42 heavy (non-hydrogen) atoms. The number of thioether (sulfide) groups is 1. The van der Waals surface area contributed by atoms with Crippen molar-refractivity contribution in [3.05, 3.63) is 113 Å². The van der Waals surface area contributed by atoms with E-state index in [1.807, 2.05) is 36.4 Å². The van der Waals surface area contributed by atoms with Crippen LogP contribution in [-0.2, 0) is 6.54 Å². The zero-order chi connectivity index (χ0) is 29.9. The van der Waals surface area contributed by atoms with Gasteiger partial charge >= 0.3 is 11.5 Å². The standard InChI is InChI=1S/C32H27F3N2O4S/c1-20(22-10-13-25(14-11-22)42-32(33,34)35)36-30(38)24-12-15-28-29(18-24)41-17-16-37(28)19-21-6-8-23(9-7-21)26-4-2-3-5-27(26)31(39)40/h2-15,18,20H,16-17,19H2,1H3,(H,36,38)(H,39,40). The Kier molecular flexibility index (Phi) is 8.44. The van der Waals surface area contributed by atoms with Crippen molar-refractivity contribution >= 4 is 29.3 Å². The fourth-order valence-electron chi connectivity index (χ4n) is 4.84. The van der Waals surface area contributed by atoms with Crippen LogP contribution in [0.5, 0.6) is 5.75 Å². The molecule has 0 aromatic heterocycles. The number of ether oxygens (including phenoxy) is 1. The summed E-state index contributed by atoms with van der Waals surface area (Å²) in [5.74, 6) is -0.709. The second-order valence-corrected chi connectivity index (χ2v) is 11.0. The molecule has 1 amide bonds. The zero-order valence-corrected chi connectivity index (χ0v) is 23.3. The number of carboxylic acids is 1. The average Bonchev–Trinajstić information content (AvgIpc) is 2.97. The fraction of sp³-hybridized carbons (Fsp3) is 0.188. The van der Waals surface area contributed by atoms with Gasteiger partial charge in [-0.25, -0.2) is 4.79 Å². The molecule has 6 nitrogen and oxygen atoms in total. The number of carbonyl (C=O) groups is 2. The number of halogens is 3. The predicted octanol–water partition coefficient (Wildman–Crippen LogP) is 7.55. The van der Waals surface area contributed by atoms with Gasteiger partial charge in [0.1, 0.15) is 12.4 Å². The van der Waals surface area contributed by atoms with Crippen LogP contribution >= 0.6 is 11.8 Å². The Morgan fingerprint density at radius 2 is 1.71 bits per heavy atom. The first-order chi connectivity index (χ1) is 20.1. The largest absolute Gasteiger partial charge is 0.490 e. The van der Waals surface area contributed by atoms with Gasteiger partial charge in [-0.15, -0.1) is 0 Å². The molecule has 0 aliphatic carbocycles. The highest BCUT2D eigenvalue weighted by molar-refractivity contribution is 8.00. The van der Waals surface area contributed by atoms with Crippen molar-refractivity contribution < 1.29 is 32.6 Å². The average molecular weight is 593 g/mol. The van der Waals surface area contributed by atoms with Gasteiger partial charge in [0.05, 0.1) is 23.8 Å². The molecule has 4 aromatic rings. The van der Waals surface area contributed by atoms with Crippen LogP contribution in [0, 0.1) is 0 Å². The molecule has 2 N–H and O–H groups in total. The van der Waals surface area contributed by atoms with Gasteiger partial charge in [0, 0.05) is 17.0 Å². The first kappa shape index (κ1) is 29.1. The fourth-order valence-corrected chi connectivity index (χ4v) is 5.38. The SMILES string of the molecule is CC(NC(=O)c1ccc2c(c1)OCCN2Cc1ccc(-c2ccccc2C(=O)O)cc1)c1ccc(SC(F)(F)F)cc1. The molecule has 0 radical (unpaired) electrons. The van der Waals surface area contributed by atoms with Crippen LogP contribution in [0.25, 0.3) is 11.1 Å². The summed E-state index contributed by atoms with van der Waals surface area (Å²) in [5.41, 5.74) is 0.358. The number of fused-ring (bicyclic) bond motifs is 1. The summed E-state index contributed by atoms with van der Waals surface area (Å²) in [7, 11) is 0. The molecule has 0 spiro atoms. The summed E-state index contributed by atoms with van der Waals surface area (Å²) in [4.78, 5) is 26.8. The highest BCUT2D eigenvalue weighted by Gasteiger charge is 2.29. The Bertz CT molecular complexity index is 1590. The van der Waals surface area contributed by atoms with Crippen molar-refractivity contribution in [3.8, 4) is 16.9 Å². The van der Waals surface area contributed by atoms with E-state index in [9.17, 15) is 27.9 Å². The second kappa shape index (κ2) is 12.2. The second-order valence-electron chi connectivity index (χ2n) is 9.81. The molecule has 1 aliphatic heterocycles. The molecular weight excluding hydrogens is 565 g/mol. The van der Waals surface area contributed by atoms with Gasteiger partial charge in [-0.3, -0.25) is 4.79 Å². The van der Waals surface area contributed by atoms with Crippen LogP contribution in [0.1, 0.15) is 44.8 Å². The van der Waals surface area contributed by atoms with E-state index in [1.165, 1.54) is 12.1 Å². The molecule has 1 heterocycles. The Balaban J connectivity index is 1.25. The van der Waals surface area contributed by atoms with Crippen molar-refractivity contribution in [3.63, 3.8) is 0 Å². The summed E-state index contributed by atoms with van der Waals surface area (Å²) in [6.07, 6.45) is 0. The number of nitrogens with one attached hydrogen (secondary N) is 1. The summed E-state index contributed by atoms with van der Waals surface area (Å²) in [5, 5.41) is 12.4. The van der Waals surface area contributed by atoms with Gasteiger partial charge in [-0.05, 0) is 77.3 Å². The monoisotopic (exact) mass is 592 g/mol. The van der Waals surface area contributed by atoms with Crippen LogP contribution in [-0.4, -0.2) is 35.6 Å².